The van der Waals surface area contributed by atoms with Crippen LogP contribution >= 0.6 is 11.6 Å². The van der Waals surface area contributed by atoms with Gasteiger partial charge in [-0.3, -0.25) is 0 Å². The number of carbonyl (C=O) groups is 1. The van der Waals surface area contributed by atoms with Gasteiger partial charge >= 0.3 is 6.09 Å². The molecule has 146 valence electrons. The molecule has 3 rings (SSSR count). The summed E-state index contributed by atoms with van der Waals surface area (Å²) in [6.07, 6.45) is 2.13. The van der Waals surface area contributed by atoms with Gasteiger partial charge in [-0.1, -0.05) is 17.7 Å². The Morgan fingerprint density at radius 3 is 2.96 bits per heavy atom. The van der Waals surface area contributed by atoms with Crippen molar-refractivity contribution in [2.45, 2.75) is 38.8 Å². The molecule has 0 aliphatic carbocycles. The third kappa shape index (κ3) is 5.23. The van der Waals surface area contributed by atoms with E-state index in [4.69, 9.17) is 21.1 Å². The number of pyridine rings is 1. The number of nitrogens with zero attached hydrogens (tertiary/aromatic N) is 2. The Labute approximate surface area is 164 Å². The van der Waals surface area contributed by atoms with Crippen LogP contribution in [-0.4, -0.2) is 53.9 Å². The van der Waals surface area contributed by atoms with Crippen LogP contribution in [0.4, 0.5) is 4.79 Å². The van der Waals surface area contributed by atoms with Gasteiger partial charge in [-0.2, -0.15) is 0 Å². The van der Waals surface area contributed by atoms with E-state index < -0.39 is 5.60 Å². The molecule has 1 aromatic carbocycles. The molecule has 1 aromatic heterocycles. The Balaban J connectivity index is 1.63. The summed E-state index contributed by atoms with van der Waals surface area (Å²) in [5, 5.41) is 5.89. The average molecular weight is 392 g/mol. The van der Waals surface area contributed by atoms with Crippen LogP contribution in [0.5, 0.6) is 5.88 Å². The Morgan fingerprint density at radius 1 is 1.37 bits per heavy atom. The van der Waals surface area contributed by atoms with Crippen LogP contribution in [0.15, 0.2) is 30.5 Å². The van der Waals surface area contributed by atoms with Crippen LogP contribution in [0, 0.1) is 0 Å². The van der Waals surface area contributed by atoms with E-state index in [1.54, 1.807) is 11.1 Å². The second-order valence-corrected chi connectivity index (χ2v) is 8.09. The molecule has 2 heterocycles. The zero-order chi connectivity index (χ0) is 19.4. The van der Waals surface area contributed by atoms with Crippen LogP contribution in [0.1, 0.15) is 27.2 Å². The molecule has 0 spiro atoms. The first kappa shape index (κ1) is 19.7. The van der Waals surface area contributed by atoms with E-state index >= 15 is 0 Å². The molecule has 0 radical (unpaired) electrons. The van der Waals surface area contributed by atoms with E-state index in [-0.39, 0.29) is 12.1 Å². The molecule has 1 saturated heterocycles. The number of ether oxygens (including phenoxy) is 2. The van der Waals surface area contributed by atoms with Gasteiger partial charge in [0.25, 0.3) is 0 Å². The maximum Gasteiger partial charge on any atom is 0.410 e. The fourth-order valence-electron chi connectivity index (χ4n) is 3.10. The maximum atomic E-state index is 12.5. The number of benzene rings is 1. The number of carbonyl (C=O) groups excluding carboxylic acids is 1. The molecule has 1 fully saturated rings. The monoisotopic (exact) mass is 391 g/mol. The highest BCUT2D eigenvalue weighted by Gasteiger charge is 2.30. The number of nitrogens with one attached hydrogen (secondary N) is 1. The standard InChI is InChI=1S/C20H26ClN3O3/c1-20(2,3)27-19(25)24-10-9-22-13-16(24)7-11-26-18-17-12-15(21)5-4-14(17)6-8-23-18/h4-6,8,12,16,22H,7,9-11,13H2,1-3H3. The molecule has 6 nitrogen and oxygen atoms in total. The quantitative estimate of drug-likeness (QED) is 0.857. The van der Waals surface area contributed by atoms with Crippen LogP contribution in [0.25, 0.3) is 10.8 Å². The van der Waals surface area contributed by atoms with Gasteiger partial charge in [-0.05, 0) is 44.4 Å². The molecule has 1 aliphatic heterocycles. The highest BCUT2D eigenvalue weighted by Crippen LogP contribution is 2.26. The minimum absolute atomic E-state index is 0.0205. The Bertz CT molecular complexity index is 807. The molecule has 1 aliphatic rings. The molecular formula is C20H26ClN3O3. The van der Waals surface area contributed by atoms with Gasteiger partial charge in [0.05, 0.1) is 12.6 Å². The fraction of sp³-hybridized carbons (Fsp3) is 0.500. The number of amides is 1. The van der Waals surface area contributed by atoms with Crippen molar-refractivity contribution < 1.29 is 14.3 Å². The number of hydrogen-bond donors (Lipinski definition) is 1. The van der Waals surface area contributed by atoms with Gasteiger partial charge in [0.2, 0.25) is 5.88 Å². The zero-order valence-corrected chi connectivity index (χ0v) is 16.8. The molecule has 1 unspecified atom stereocenters. The molecule has 2 aromatic rings. The Morgan fingerprint density at radius 2 is 2.19 bits per heavy atom. The number of halogens is 1. The fourth-order valence-corrected chi connectivity index (χ4v) is 3.27. The molecule has 1 amide bonds. The molecule has 1 atom stereocenters. The SMILES string of the molecule is CC(C)(C)OC(=O)N1CCNCC1CCOc1nccc2ccc(Cl)cc12. The number of fused-ring (bicyclic) bond motifs is 1. The summed E-state index contributed by atoms with van der Waals surface area (Å²) in [6.45, 7) is 8.19. The lowest BCUT2D eigenvalue weighted by molar-refractivity contribution is 0.00982. The summed E-state index contributed by atoms with van der Waals surface area (Å²) >= 11 is 6.10. The molecule has 0 saturated carbocycles. The van der Waals surface area contributed by atoms with Crippen molar-refractivity contribution in [1.29, 1.82) is 0 Å². The number of aromatic nitrogens is 1. The first-order valence-corrected chi connectivity index (χ1v) is 9.59. The van der Waals surface area contributed by atoms with Gasteiger partial charge in [0.15, 0.2) is 0 Å². The highest BCUT2D eigenvalue weighted by molar-refractivity contribution is 6.31. The van der Waals surface area contributed by atoms with Crippen molar-refractivity contribution in [3.8, 4) is 5.88 Å². The second-order valence-electron chi connectivity index (χ2n) is 7.65. The van der Waals surface area contributed by atoms with Gasteiger partial charge in [-0.15, -0.1) is 0 Å². The third-order valence-electron chi connectivity index (χ3n) is 4.36. The molecule has 1 N–H and O–H groups in total. The predicted molar refractivity (Wildman–Crippen MR) is 106 cm³/mol. The smallest absolute Gasteiger partial charge is 0.410 e. The van der Waals surface area contributed by atoms with Crippen molar-refractivity contribution in [3.05, 3.63) is 35.5 Å². The van der Waals surface area contributed by atoms with Gasteiger partial charge in [-0.25, -0.2) is 9.78 Å². The third-order valence-corrected chi connectivity index (χ3v) is 4.59. The van der Waals surface area contributed by atoms with E-state index in [1.807, 2.05) is 45.0 Å². The summed E-state index contributed by atoms with van der Waals surface area (Å²) in [7, 11) is 0. The lowest BCUT2D eigenvalue weighted by Crippen LogP contribution is -2.55. The minimum atomic E-state index is -0.505. The molecular weight excluding hydrogens is 366 g/mol. The Hall–Kier alpha value is -2.05. The lowest BCUT2D eigenvalue weighted by atomic mass is 10.1. The largest absolute Gasteiger partial charge is 0.477 e. The second kappa shape index (κ2) is 8.31. The number of rotatable bonds is 4. The molecule has 7 heteroatoms. The van der Waals surface area contributed by atoms with E-state index in [9.17, 15) is 4.79 Å². The van der Waals surface area contributed by atoms with E-state index in [0.29, 0.717) is 30.5 Å². The van der Waals surface area contributed by atoms with Gasteiger partial charge < -0.3 is 19.7 Å². The topological polar surface area (TPSA) is 63.7 Å². The van der Waals surface area contributed by atoms with Gasteiger partial charge in [0, 0.05) is 42.7 Å². The zero-order valence-electron chi connectivity index (χ0n) is 16.0. The van der Waals surface area contributed by atoms with E-state index in [0.717, 1.165) is 23.9 Å². The molecule has 27 heavy (non-hydrogen) atoms. The molecule has 0 bridgehead atoms. The van der Waals surface area contributed by atoms with Crippen LogP contribution < -0.4 is 10.1 Å². The summed E-state index contributed by atoms with van der Waals surface area (Å²) < 4.78 is 11.5. The summed E-state index contributed by atoms with van der Waals surface area (Å²) in [5.41, 5.74) is -0.505. The minimum Gasteiger partial charge on any atom is -0.477 e. The van der Waals surface area contributed by atoms with Gasteiger partial charge in [0.1, 0.15) is 5.60 Å². The summed E-state index contributed by atoms with van der Waals surface area (Å²) in [6, 6.07) is 7.59. The Kier molecular flexibility index (Phi) is 6.07. The van der Waals surface area contributed by atoms with Crippen LogP contribution in [0.3, 0.4) is 0 Å². The normalized spacial score (nSPS) is 17.8. The van der Waals surface area contributed by atoms with Crippen LogP contribution in [0.2, 0.25) is 5.02 Å². The van der Waals surface area contributed by atoms with E-state index in [1.165, 1.54) is 0 Å². The van der Waals surface area contributed by atoms with Crippen molar-refractivity contribution in [2.75, 3.05) is 26.2 Å². The number of piperazine rings is 1. The number of hydrogen-bond acceptors (Lipinski definition) is 5. The highest BCUT2D eigenvalue weighted by atomic mass is 35.5. The first-order valence-electron chi connectivity index (χ1n) is 9.21. The predicted octanol–water partition coefficient (Wildman–Crippen LogP) is 3.87. The van der Waals surface area contributed by atoms with Crippen molar-refractivity contribution in [3.63, 3.8) is 0 Å². The van der Waals surface area contributed by atoms with Crippen molar-refractivity contribution >= 4 is 28.5 Å². The lowest BCUT2D eigenvalue weighted by Gasteiger charge is -2.37. The first-order chi connectivity index (χ1) is 12.8. The maximum absolute atomic E-state index is 12.5. The van der Waals surface area contributed by atoms with Crippen molar-refractivity contribution in [1.82, 2.24) is 15.2 Å². The average Bonchev–Trinajstić information content (AvgIpc) is 2.61. The van der Waals surface area contributed by atoms with E-state index in [2.05, 4.69) is 10.3 Å². The summed E-state index contributed by atoms with van der Waals surface area (Å²) in [4.78, 5) is 18.6. The van der Waals surface area contributed by atoms with Crippen molar-refractivity contribution in [2.24, 2.45) is 0 Å². The van der Waals surface area contributed by atoms with Crippen LogP contribution in [-0.2, 0) is 4.74 Å². The summed E-state index contributed by atoms with van der Waals surface area (Å²) in [5.74, 6) is 0.558.